The first kappa shape index (κ1) is 11.0. The summed E-state index contributed by atoms with van der Waals surface area (Å²) in [6.07, 6.45) is 6.44. The Labute approximate surface area is 96.9 Å². The van der Waals surface area contributed by atoms with Gasteiger partial charge in [0.2, 0.25) is 0 Å². The quantitative estimate of drug-likeness (QED) is 0.720. The summed E-state index contributed by atoms with van der Waals surface area (Å²) in [7, 11) is 0. The van der Waals surface area contributed by atoms with Crippen molar-refractivity contribution in [1.82, 2.24) is 0 Å². The number of aryl methyl sites for hydroxylation is 1. The molecular formula is C14H17NO. The molecule has 0 saturated carbocycles. The van der Waals surface area contributed by atoms with E-state index < -0.39 is 0 Å². The first-order valence-electron chi connectivity index (χ1n) is 6.01. The van der Waals surface area contributed by atoms with Crippen LogP contribution in [0.3, 0.4) is 0 Å². The Kier molecular flexibility index (Phi) is 3.82. The largest absolute Gasteiger partial charge is 0.490 e. The number of fused-ring (bicyclic) bond motifs is 1. The molecule has 0 N–H and O–H groups in total. The van der Waals surface area contributed by atoms with Crippen LogP contribution in [0.1, 0.15) is 37.7 Å². The maximum atomic E-state index is 8.45. The van der Waals surface area contributed by atoms with Gasteiger partial charge in [-0.3, -0.25) is 0 Å². The molecule has 0 bridgehead atoms. The van der Waals surface area contributed by atoms with E-state index in [-0.39, 0.29) is 0 Å². The molecule has 0 fully saturated rings. The third-order valence-corrected chi connectivity index (χ3v) is 3.07. The van der Waals surface area contributed by atoms with E-state index in [1.54, 1.807) is 0 Å². The average Bonchev–Trinajstić information content (AvgIpc) is 2.34. The Morgan fingerprint density at radius 2 is 2.19 bits per heavy atom. The molecule has 0 radical (unpaired) electrons. The summed E-state index contributed by atoms with van der Waals surface area (Å²) in [5, 5.41) is 8.45. The molecule has 2 heteroatoms. The SMILES string of the molecule is N#CCCCC[C@@H]1CCc2ccccc2O1. The Hall–Kier alpha value is -1.49. The van der Waals surface area contributed by atoms with Crippen LogP contribution in [0, 0.1) is 11.3 Å². The standard InChI is InChI=1S/C14H17NO/c15-11-5-1-2-7-13-10-9-12-6-3-4-8-14(12)16-13/h3-4,6,8,13H,1-2,5,7,9-10H2/t13-/m1/s1. The van der Waals surface area contributed by atoms with E-state index in [2.05, 4.69) is 24.3 Å². The number of para-hydroxylation sites is 1. The van der Waals surface area contributed by atoms with E-state index in [1.807, 2.05) is 6.07 Å². The van der Waals surface area contributed by atoms with Crippen molar-refractivity contribution in [1.29, 1.82) is 5.26 Å². The van der Waals surface area contributed by atoms with E-state index in [1.165, 1.54) is 5.56 Å². The van der Waals surface area contributed by atoms with Gasteiger partial charge in [0.05, 0.1) is 12.2 Å². The minimum atomic E-state index is 0.355. The van der Waals surface area contributed by atoms with Crippen LogP contribution in [0.15, 0.2) is 24.3 Å². The third-order valence-electron chi connectivity index (χ3n) is 3.07. The summed E-state index contributed by atoms with van der Waals surface area (Å²) in [6, 6.07) is 10.5. The number of rotatable bonds is 4. The smallest absolute Gasteiger partial charge is 0.122 e. The number of unbranched alkanes of at least 4 members (excludes halogenated alkanes) is 2. The molecule has 0 spiro atoms. The summed E-state index contributed by atoms with van der Waals surface area (Å²) in [5.41, 5.74) is 1.33. The number of ether oxygens (including phenoxy) is 1. The molecule has 0 aromatic heterocycles. The highest BCUT2D eigenvalue weighted by Gasteiger charge is 2.18. The second-order valence-electron chi connectivity index (χ2n) is 4.29. The monoisotopic (exact) mass is 215 g/mol. The predicted molar refractivity (Wildman–Crippen MR) is 63.3 cm³/mol. The number of benzene rings is 1. The van der Waals surface area contributed by atoms with Gasteiger partial charge in [-0.2, -0.15) is 5.26 Å². The molecule has 2 rings (SSSR count). The van der Waals surface area contributed by atoms with Gasteiger partial charge in [-0.15, -0.1) is 0 Å². The third kappa shape index (κ3) is 2.76. The second kappa shape index (κ2) is 5.55. The van der Waals surface area contributed by atoms with Crippen LogP contribution >= 0.6 is 0 Å². The lowest BCUT2D eigenvalue weighted by Gasteiger charge is -2.25. The van der Waals surface area contributed by atoms with Gasteiger partial charge in [-0.05, 0) is 43.7 Å². The van der Waals surface area contributed by atoms with Crippen molar-refractivity contribution < 1.29 is 4.74 Å². The minimum absolute atomic E-state index is 0.355. The molecule has 2 nitrogen and oxygen atoms in total. The normalized spacial score (nSPS) is 18.3. The van der Waals surface area contributed by atoms with Gasteiger partial charge in [0.25, 0.3) is 0 Å². The van der Waals surface area contributed by atoms with Crippen molar-refractivity contribution in [2.45, 2.75) is 44.6 Å². The van der Waals surface area contributed by atoms with Crippen molar-refractivity contribution in [2.75, 3.05) is 0 Å². The van der Waals surface area contributed by atoms with Crippen molar-refractivity contribution in [3.63, 3.8) is 0 Å². The minimum Gasteiger partial charge on any atom is -0.490 e. The highest BCUT2D eigenvalue weighted by Crippen LogP contribution is 2.28. The number of hydrogen-bond donors (Lipinski definition) is 0. The van der Waals surface area contributed by atoms with Crippen LogP contribution in [0.25, 0.3) is 0 Å². The molecular weight excluding hydrogens is 198 g/mol. The van der Waals surface area contributed by atoms with E-state index in [4.69, 9.17) is 10.00 Å². The number of nitrogens with zero attached hydrogens (tertiary/aromatic N) is 1. The zero-order valence-electron chi connectivity index (χ0n) is 9.48. The van der Waals surface area contributed by atoms with Gasteiger partial charge >= 0.3 is 0 Å². The van der Waals surface area contributed by atoms with Crippen LogP contribution in [-0.2, 0) is 6.42 Å². The maximum absolute atomic E-state index is 8.45. The lowest BCUT2D eigenvalue weighted by Crippen LogP contribution is -2.22. The molecule has 16 heavy (non-hydrogen) atoms. The number of hydrogen-bond acceptors (Lipinski definition) is 2. The van der Waals surface area contributed by atoms with Gasteiger partial charge in [0, 0.05) is 6.42 Å². The molecule has 1 aromatic carbocycles. The summed E-state index contributed by atoms with van der Waals surface area (Å²) in [4.78, 5) is 0. The molecule has 1 aliphatic rings. The lowest BCUT2D eigenvalue weighted by molar-refractivity contribution is 0.160. The molecule has 1 aromatic rings. The number of nitriles is 1. The molecule has 0 unspecified atom stereocenters. The first-order chi connectivity index (χ1) is 7.90. The molecule has 0 aliphatic carbocycles. The van der Waals surface area contributed by atoms with Crippen LogP contribution in [-0.4, -0.2) is 6.10 Å². The van der Waals surface area contributed by atoms with Gasteiger partial charge in [-0.25, -0.2) is 0 Å². The van der Waals surface area contributed by atoms with Crippen LogP contribution in [0.5, 0.6) is 5.75 Å². The fraction of sp³-hybridized carbons (Fsp3) is 0.500. The van der Waals surface area contributed by atoms with E-state index in [9.17, 15) is 0 Å². The zero-order valence-corrected chi connectivity index (χ0v) is 9.48. The van der Waals surface area contributed by atoms with Gasteiger partial charge in [0.1, 0.15) is 5.75 Å². The van der Waals surface area contributed by atoms with Gasteiger partial charge in [0.15, 0.2) is 0 Å². The van der Waals surface area contributed by atoms with Gasteiger partial charge < -0.3 is 4.74 Å². The maximum Gasteiger partial charge on any atom is 0.122 e. The van der Waals surface area contributed by atoms with Crippen LogP contribution in [0.4, 0.5) is 0 Å². The zero-order chi connectivity index (χ0) is 11.2. The molecule has 0 amide bonds. The highest BCUT2D eigenvalue weighted by atomic mass is 16.5. The lowest BCUT2D eigenvalue weighted by atomic mass is 9.99. The molecule has 1 aliphatic heterocycles. The fourth-order valence-corrected chi connectivity index (χ4v) is 2.16. The van der Waals surface area contributed by atoms with Crippen molar-refractivity contribution >= 4 is 0 Å². The summed E-state index contributed by atoms with van der Waals surface area (Å²) in [6.45, 7) is 0. The average molecular weight is 215 g/mol. The second-order valence-corrected chi connectivity index (χ2v) is 4.29. The molecule has 1 atom stereocenters. The Morgan fingerprint density at radius 3 is 3.06 bits per heavy atom. The Morgan fingerprint density at radius 1 is 1.31 bits per heavy atom. The molecule has 1 heterocycles. The first-order valence-corrected chi connectivity index (χ1v) is 6.01. The fourth-order valence-electron chi connectivity index (χ4n) is 2.16. The van der Waals surface area contributed by atoms with Crippen molar-refractivity contribution in [3.8, 4) is 11.8 Å². The van der Waals surface area contributed by atoms with Crippen molar-refractivity contribution in [2.24, 2.45) is 0 Å². The van der Waals surface area contributed by atoms with Crippen LogP contribution in [0.2, 0.25) is 0 Å². The van der Waals surface area contributed by atoms with E-state index in [0.717, 1.165) is 37.9 Å². The topological polar surface area (TPSA) is 33.0 Å². The Balaban J connectivity index is 1.82. The summed E-state index contributed by atoms with van der Waals surface area (Å²) < 4.78 is 5.93. The van der Waals surface area contributed by atoms with E-state index >= 15 is 0 Å². The summed E-state index contributed by atoms with van der Waals surface area (Å²) >= 11 is 0. The predicted octanol–water partition coefficient (Wildman–Crippen LogP) is 3.46. The Bertz CT molecular complexity index is 381. The van der Waals surface area contributed by atoms with E-state index in [0.29, 0.717) is 12.5 Å². The molecule has 0 saturated heterocycles. The summed E-state index contributed by atoms with van der Waals surface area (Å²) in [5.74, 6) is 1.05. The van der Waals surface area contributed by atoms with Gasteiger partial charge in [-0.1, -0.05) is 18.2 Å². The van der Waals surface area contributed by atoms with Crippen molar-refractivity contribution in [3.05, 3.63) is 29.8 Å². The molecule has 84 valence electrons. The van der Waals surface area contributed by atoms with Crippen LogP contribution < -0.4 is 4.74 Å². The highest BCUT2D eigenvalue weighted by molar-refractivity contribution is 5.35.